The molecule has 0 aromatic heterocycles. The molecule has 0 fully saturated rings. The van der Waals surface area contributed by atoms with Crippen LogP contribution >= 0.6 is 46.4 Å². The molecule has 3 rings (SSSR count). The predicted molar refractivity (Wildman–Crippen MR) is 171 cm³/mol. The molecule has 0 heterocycles. The van der Waals surface area contributed by atoms with Crippen LogP contribution in [0, 0.1) is 6.92 Å². The van der Waals surface area contributed by atoms with Crippen molar-refractivity contribution in [3.8, 4) is 0 Å². The monoisotopic (exact) mass is 671 g/mol. The molecule has 0 saturated heterocycles. The molecule has 3 aromatic carbocycles. The average Bonchev–Trinajstić information content (AvgIpc) is 2.95. The van der Waals surface area contributed by atoms with Gasteiger partial charge in [-0.1, -0.05) is 96.5 Å². The molecule has 2 amide bonds. The second-order valence-corrected chi connectivity index (χ2v) is 13.2. The molecule has 0 unspecified atom stereocenters. The number of benzene rings is 3. The number of unbranched alkanes of at least 4 members (excludes halogenated alkanes) is 1. The van der Waals surface area contributed by atoms with Gasteiger partial charge in [-0.15, -0.1) is 0 Å². The van der Waals surface area contributed by atoms with Crippen LogP contribution in [0.5, 0.6) is 0 Å². The Morgan fingerprint density at radius 3 is 2.07 bits per heavy atom. The molecular weight excluding hydrogens is 640 g/mol. The predicted octanol–water partition coefficient (Wildman–Crippen LogP) is 7.53. The van der Waals surface area contributed by atoms with Crippen LogP contribution < -0.4 is 9.62 Å². The average molecular weight is 673 g/mol. The van der Waals surface area contributed by atoms with E-state index in [0.29, 0.717) is 22.2 Å². The highest BCUT2D eigenvalue weighted by Crippen LogP contribution is 2.36. The summed E-state index contributed by atoms with van der Waals surface area (Å²) in [5, 5.41) is 3.58. The van der Waals surface area contributed by atoms with E-state index in [1.807, 2.05) is 13.8 Å². The quantitative estimate of drug-likeness (QED) is 0.190. The van der Waals surface area contributed by atoms with Crippen molar-refractivity contribution in [1.29, 1.82) is 0 Å². The Morgan fingerprint density at radius 2 is 1.48 bits per heavy atom. The molecular formula is C30H33Cl4N3O4S. The Bertz CT molecular complexity index is 1500. The highest BCUT2D eigenvalue weighted by molar-refractivity contribution is 7.92. The van der Waals surface area contributed by atoms with E-state index < -0.39 is 28.5 Å². The van der Waals surface area contributed by atoms with Gasteiger partial charge >= 0.3 is 0 Å². The molecule has 0 aliphatic carbocycles. The zero-order valence-electron chi connectivity index (χ0n) is 23.5. The van der Waals surface area contributed by atoms with Gasteiger partial charge in [0, 0.05) is 28.7 Å². The number of halogens is 4. The zero-order valence-corrected chi connectivity index (χ0v) is 27.4. The van der Waals surface area contributed by atoms with E-state index in [9.17, 15) is 18.0 Å². The third kappa shape index (κ3) is 8.11. The summed E-state index contributed by atoms with van der Waals surface area (Å²) >= 11 is 25.7. The molecule has 1 N–H and O–H groups in total. The molecule has 0 aliphatic heterocycles. The molecule has 1 atom stereocenters. The largest absolute Gasteiger partial charge is 0.354 e. The molecule has 3 aromatic rings. The molecule has 0 saturated carbocycles. The second kappa shape index (κ2) is 15.3. The number of sulfonamides is 1. The fourth-order valence-corrected chi connectivity index (χ4v) is 6.71. The third-order valence-corrected chi connectivity index (χ3v) is 9.98. The fourth-order valence-electron chi connectivity index (χ4n) is 4.32. The summed E-state index contributed by atoms with van der Waals surface area (Å²) in [7, 11) is -4.31. The van der Waals surface area contributed by atoms with E-state index in [1.165, 1.54) is 29.2 Å². The van der Waals surface area contributed by atoms with Crippen LogP contribution in [0.1, 0.15) is 44.2 Å². The lowest BCUT2D eigenvalue weighted by Gasteiger charge is -2.33. The van der Waals surface area contributed by atoms with E-state index in [1.54, 1.807) is 43.3 Å². The van der Waals surface area contributed by atoms with Gasteiger partial charge in [-0.05, 0) is 56.2 Å². The summed E-state index contributed by atoms with van der Waals surface area (Å²) in [5.41, 5.74) is 1.32. The van der Waals surface area contributed by atoms with Gasteiger partial charge in [-0.2, -0.15) is 0 Å². The van der Waals surface area contributed by atoms with Gasteiger partial charge in [0.2, 0.25) is 11.8 Å². The van der Waals surface area contributed by atoms with Crippen molar-refractivity contribution >= 4 is 73.9 Å². The van der Waals surface area contributed by atoms with Crippen LogP contribution in [0.4, 0.5) is 5.69 Å². The Morgan fingerprint density at radius 1 is 0.881 bits per heavy atom. The van der Waals surface area contributed by atoms with Crippen molar-refractivity contribution in [2.24, 2.45) is 0 Å². The van der Waals surface area contributed by atoms with E-state index in [-0.39, 0.29) is 39.5 Å². The standard InChI is InChI=1S/C30H33Cl4N3O4S/c1-4-6-17-35-30(39)26(5-2)36(18-22-23(31)9-7-10-24(22)32)28(38)19-37(27-12-8-11-25(33)29(27)34)42(40,41)21-15-13-20(3)14-16-21/h7-16,26H,4-6,17-19H2,1-3H3,(H,35,39)/t26-/m0/s1. The van der Waals surface area contributed by atoms with E-state index in [2.05, 4.69) is 5.32 Å². The topological polar surface area (TPSA) is 86.8 Å². The van der Waals surface area contributed by atoms with Crippen LogP contribution in [-0.4, -0.2) is 44.3 Å². The number of anilines is 1. The minimum atomic E-state index is -4.31. The maximum atomic E-state index is 14.2. The molecule has 0 spiro atoms. The third-order valence-electron chi connectivity index (χ3n) is 6.69. The second-order valence-electron chi connectivity index (χ2n) is 9.69. The summed E-state index contributed by atoms with van der Waals surface area (Å²) < 4.78 is 28.9. The van der Waals surface area contributed by atoms with Crippen LogP contribution in [0.3, 0.4) is 0 Å². The number of rotatable bonds is 13. The summed E-state index contributed by atoms with van der Waals surface area (Å²) in [6, 6.07) is 14.8. The molecule has 0 bridgehead atoms. The molecule has 42 heavy (non-hydrogen) atoms. The SMILES string of the molecule is CCCCNC(=O)[C@H](CC)N(Cc1c(Cl)cccc1Cl)C(=O)CN(c1cccc(Cl)c1Cl)S(=O)(=O)c1ccc(C)cc1. The van der Waals surface area contributed by atoms with Crippen molar-refractivity contribution < 1.29 is 18.0 Å². The maximum absolute atomic E-state index is 14.2. The Kier molecular flexibility index (Phi) is 12.4. The van der Waals surface area contributed by atoms with Crippen molar-refractivity contribution in [3.63, 3.8) is 0 Å². The van der Waals surface area contributed by atoms with Crippen LogP contribution in [0.15, 0.2) is 65.6 Å². The molecule has 0 radical (unpaired) electrons. The van der Waals surface area contributed by atoms with E-state index >= 15 is 0 Å². The first-order valence-electron chi connectivity index (χ1n) is 13.5. The molecule has 0 aliphatic rings. The van der Waals surface area contributed by atoms with Crippen molar-refractivity contribution in [3.05, 3.63) is 91.9 Å². The Hall–Kier alpha value is -2.49. The Labute approximate surface area is 267 Å². The van der Waals surface area contributed by atoms with Gasteiger partial charge in [0.05, 0.1) is 20.6 Å². The van der Waals surface area contributed by atoms with Crippen molar-refractivity contribution in [2.75, 3.05) is 17.4 Å². The van der Waals surface area contributed by atoms with Gasteiger partial charge in [0.1, 0.15) is 12.6 Å². The van der Waals surface area contributed by atoms with Crippen molar-refractivity contribution in [1.82, 2.24) is 10.2 Å². The lowest BCUT2D eigenvalue weighted by molar-refractivity contribution is -0.140. The smallest absolute Gasteiger partial charge is 0.264 e. The van der Waals surface area contributed by atoms with Gasteiger partial charge < -0.3 is 10.2 Å². The van der Waals surface area contributed by atoms with Crippen LogP contribution in [0.2, 0.25) is 20.1 Å². The lowest BCUT2D eigenvalue weighted by Crippen LogP contribution is -2.52. The first-order valence-corrected chi connectivity index (χ1v) is 16.4. The highest BCUT2D eigenvalue weighted by atomic mass is 35.5. The number of hydrogen-bond acceptors (Lipinski definition) is 4. The van der Waals surface area contributed by atoms with Crippen molar-refractivity contribution in [2.45, 2.75) is 57.5 Å². The zero-order chi connectivity index (χ0) is 31.0. The summed E-state index contributed by atoms with van der Waals surface area (Å²) in [6.45, 7) is 5.25. The first-order chi connectivity index (χ1) is 19.9. The van der Waals surface area contributed by atoms with Gasteiger partial charge in [0.15, 0.2) is 0 Å². The number of aryl methyl sites for hydroxylation is 1. The minimum absolute atomic E-state index is 0.0225. The minimum Gasteiger partial charge on any atom is -0.354 e. The lowest BCUT2D eigenvalue weighted by atomic mass is 10.1. The molecule has 12 heteroatoms. The normalized spacial score (nSPS) is 12.1. The number of nitrogens with zero attached hydrogens (tertiary/aromatic N) is 2. The number of carbonyl (C=O) groups is 2. The van der Waals surface area contributed by atoms with Crippen LogP contribution in [0.25, 0.3) is 0 Å². The number of carbonyl (C=O) groups excluding carboxylic acids is 2. The van der Waals surface area contributed by atoms with E-state index in [4.69, 9.17) is 46.4 Å². The Balaban J connectivity index is 2.12. The number of amides is 2. The first kappa shape index (κ1) is 34.0. The number of hydrogen-bond donors (Lipinski definition) is 1. The number of nitrogens with one attached hydrogen (secondary N) is 1. The molecule has 7 nitrogen and oxygen atoms in total. The van der Waals surface area contributed by atoms with Gasteiger partial charge in [-0.25, -0.2) is 8.42 Å². The fraction of sp³-hybridized carbons (Fsp3) is 0.333. The highest BCUT2D eigenvalue weighted by Gasteiger charge is 2.35. The van der Waals surface area contributed by atoms with Gasteiger partial charge in [-0.3, -0.25) is 13.9 Å². The van der Waals surface area contributed by atoms with Gasteiger partial charge in [0.25, 0.3) is 10.0 Å². The summed E-state index contributed by atoms with van der Waals surface area (Å²) in [5.74, 6) is -1.02. The summed E-state index contributed by atoms with van der Waals surface area (Å²) in [4.78, 5) is 28.8. The van der Waals surface area contributed by atoms with Crippen LogP contribution in [-0.2, 0) is 26.2 Å². The summed E-state index contributed by atoms with van der Waals surface area (Å²) in [6.07, 6.45) is 1.90. The molecule has 226 valence electrons. The maximum Gasteiger partial charge on any atom is 0.264 e. The van der Waals surface area contributed by atoms with E-state index in [0.717, 1.165) is 22.7 Å².